The number of aliphatic hydroxyl groups is 3. The lowest BCUT2D eigenvalue weighted by molar-refractivity contribution is -0.150. The summed E-state index contributed by atoms with van der Waals surface area (Å²) in [5.74, 6) is -7.89. The molecule has 0 heterocycles. The monoisotopic (exact) mass is 443 g/mol. The van der Waals surface area contributed by atoms with E-state index in [1.807, 2.05) is 0 Å². The summed E-state index contributed by atoms with van der Waals surface area (Å²) in [4.78, 5) is 40.0. The Hall–Kier alpha value is -3.21. The van der Waals surface area contributed by atoms with Gasteiger partial charge in [-0.1, -0.05) is 19.1 Å². The summed E-state index contributed by atoms with van der Waals surface area (Å²) >= 11 is 0. The van der Waals surface area contributed by atoms with Crippen molar-refractivity contribution >= 4 is 17.5 Å². The van der Waals surface area contributed by atoms with Crippen LogP contribution in [0.4, 0.5) is 0 Å². The molecule has 1 aromatic carbocycles. The number of Topliss-reactive ketones (excluding diaryl/α,β-unsaturated/α-hetero) is 2. The Morgan fingerprint density at radius 2 is 1.78 bits per heavy atom. The predicted molar refractivity (Wildman–Crippen MR) is 112 cm³/mol. The van der Waals surface area contributed by atoms with Crippen LogP contribution < -0.4 is 11.5 Å². The number of likely N-dealkylation sites (N-methyl/N-ethyl adjacent to an activating group) is 1. The van der Waals surface area contributed by atoms with Gasteiger partial charge in [0, 0.05) is 23.5 Å². The van der Waals surface area contributed by atoms with Crippen molar-refractivity contribution in [1.82, 2.24) is 4.90 Å². The van der Waals surface area contributed by atoms with E-state index in [4.69, 9.17) is 11.5 Å². The molecule has 0 aromatic heterocycles. The number of fused-ring (bicyclic) bond motifs is 3. The number of hydrogen-bond acceptors (Lipinski definition) is 9. The van der Waals surface area contributed by atoms with Crippen molar-refractivity contribution in [2.75, 3.05) is 14.1 Å². The Labute approximate surface area is 183 Å². The molecule has 3 aliphatic rings. The highest BCUT2D eigenvalue weighted by Crippen LogP contribution is 2.54. The minimum Gasteiger partial charge on any atom is -0.510 e. The number of phenols is 1. The Balaban J connectivity index is 2.06. The number of nitrogens with zero attached hydrogens (tertiary/aromatic N) is 1. The standard InChI is InChI=1S/C22H25N3O7/c1-7-8-5-4-6-9(26)11(8)17(27)12-10(7)15(23)14-16(25(2)3)18(28)13(21(24)31)20(30)22(14,32)19(12)29/h4-7,10,14-16,26,28-29,32H,23H2,1-3H3,(H2,24,31)/t7-,10+,14-,15+,16-,22-/m0/s1. The minimum atomic E-state index is -2.77. The highest BCUT2D eigenvalue weighted by Gasteiger charge is 2.66. The number of rotatable bonds is 2. The largest absolute Gasteiger partial charge is 0.510 e. The molecule has 3 aliphatic carbocycles. The van der Waals surface area contributed by atoms with E-state index in [1.54, 1.807) is 33.2 Å². The van der Waals surface area contributed by atoms with Crippen LogP contribution in [0.15, 0.2) is 40.9 Å². The van der Waals surface area contributed by atoms with E-state index in [9.17, 15) is 34.8 Å². The third-order valence-corrected chi connectivity index (χ3v) is 7.09. The van der Waals surface area contributed by atoms with Crippen LogP contribution in [0.25, 0.3) is 0 Å². The fourth-order valence-electron chi connectivity index (χ4n) is 5.70. The van der Waals surface area contributed by atoms with Gasteiger partial charge in [0.15, 0.2) is 11.4 Å². The van der Waals surface area contributed by atoms with Crippen LogP contribution >= 0.6 is 0 Å². The van der Waals surface area contributed by atoms with Crippen molar-refractivity contribution in [3.8, 4) is 5.75 Å². The van der Waals surface area contributed by atoms with Gasteiger partial charge < -0.3 is 31.9 Å². The third-order valence-electron chi connectivity index (χ3n) is 7.09. The normalized spacial score (nSPS) is 34.4. The summed E-state index contributed by atoms with van der Waals surface area (Å²) in [5, 5.41) is 43.9. The summed E-state index contributed by atoms with van der Waals surface area (Å²) in [6, 6.07) is 2.33. The number of primary amides is 1. The first-order valence-corrected chi connectivity index (χ1v) is 10.1. The zero-order valence-corrected chi connectivity index (χ0v) is 17.7. The topological polar surface area (TPSA) is 187 Å². The predicted octanol–water partition coefficient (Wildman–Crippen LogP) is -0.381. The maximum atomic E-state index is 13.4. The van der Waals surface area contributed by atoms with Gasteiger partial charge in [-0.25, -0.2) is 0 Å². The van der Waals surface area contributed by atoms with Crippen LogP contribution in [0.1, 0.15) is 28.8 Å². The molecule has 1 amide bonds. The SMILES string of the molecule is C[C@H]1c2cccc(O)c2C(=O)C2=C(O)[C@]3(O)C(=O)C(C(N)=O)=C(O)[C@@H](N(C)C)[C@@H]3[C@H](N)[C@@H]21. The minimum absolute atomic E-state index is 0.0482. The highest BCUT2D eigenvalue weighted by molar-refractivity contribution is 6.25. The molecule has 10 nitrogen and oxygen atoms in total. The Kier molecular flexibility index (Phi) is 4.74. The molecule has 0 saturated carbocycles. The number of benzene rings is 1. The molecule has 6 atom stereocenters. The van der Waals surface area contributed by atoms with Gasteiger partial charge in [-0.05, 0) is 31.6 Å². The summed E-state index contributed by atoms with van der Waals surface area (Å²) in [5.41, 5.74) is 8.40. The first-order chi connectivity index (χ1) is 14.9. The number of nitrogens with two attached hydrogens (primary N) is 2. The second-order valence-corrected chi connectivity index (χ2v) is 8.88. The number of carbonyl (C=O) groups is 3. The zero-order valence-electron chi connectivity index (χ0n) is 17.7. The molecular formula is C22H25N3O7. The van der Waals surface area contributed by atoms with Gasteiger partial charge in [-0.3, -0.25) is 19.3 Å². The molecular weight excluding hydrogens is 418 g/mol. The number of carbonyl (C=O) groups excluding carboxylic acids is 3. The molecule has 10 heteroatoms. The molecule has 32 heavy (non-hydrogen) atoms. The van der Waals surface area contributed by atoms with Crippen LogP contribution in [0.5, 0.6) is 5.75 Å². The molecule has 0 radical (unpaired) electrons. The van der Waals surface area contributed by atoms with Crippen LogP contribution in [-0.4, -0.2) is 74.6 Å². The third kappa shape index (κ3) is 2.48. The maximum absolute atomic E-state index is 13.4. The lowest BCUT2D eigenvalue weighted by Crippen LogP contribution is -2.70. The number of phenolic OH excluding ortho intramolecular Hbond substituents is 1. The Bertz CT molecular complexity index is 1140. The molecule has 0 aliphatic heterocycles. The van der Waals surface area contributed by atoms with E-state index in [0.29, 0.717) is 5.56 Å². The summed E-state index contributed by atoms with van der Waals surface area (Å²) in [6.07, 6.45) is 0. The van der Waals surface area contributed by atoms with Gasteiger partial charge in [0.05, 0.1) is 11.6 Å². The number of aromatic hydroxyl groups is 1. The van der Waals surface area contributed by atoms with Gasteiger partial charge in [0.2, 0.25) is 5.78 Å². The van der Waals surface area contributed by atoms with E-state index in [2.05, 4.69) is 0 Å². The lowest BCUT2D eigenvalue weighted by atomic mass is 9.54. The average molecular weight is 443 g/mol. The quantitative estimate of drug-likeness (QED) is 0.331. The smallest absolute Gasteiger partial charge is 0.255 e. The highest BCUT2D eigenvalue weighted by atomic mass is 16.3. The van der Waals surface area contributed by atoms with E-state index in [-0.39, 0.29) is 16.9 Å². The van der Waals surface area contributed by atoms with Gasteiger partial charge in [0.25, 0.3) is 5.91 Å². The molecule has 0 saturated heterocycles. The maximum Gasteiger partial charge on any atom is 0.255 e. The Morgan fingerprint density at radius 3 is 2.34 bits per heavy atom. The first-order valence-electron chi connectivity index (χ1n) is 10.1. The molecule has 0 bridgehead atoms. The molecule has 0 unspecified atom stereocenters. The summed E-state index contributed by atoms with van der Waals surface area (Å²) in [7, 11) is 3.09. The second kappa shape index (κ2) is 6.89. The van der Waals surface area contributed by atoms with E-state index < -0.39 is 70.0 Å². The zero-order chi connectivity index (χ0) is 23.9. The van der Waals surface area contributed by atoms with Gasteiger partial charge in [-0.2, -0.15) is 0 Å². The molecule has 1 aromatic rings. The van der Waals surface area contributed by atoms with Crippen molar-refractivity contribution in [2.45, 2.75) is 30.5 Å². The van der Waals surface area contributed by atoms with Crippen molar-refractivity contribution in [3.63, 3.8) is 0 Å². The van der Waals surface area contributed by atoms with Crippen molar-refractivity contribution in [3.05, 3.63) is 52.0 Å². The van der Waals surface area contributed by atoms with Crippen LogP contribution in [0.3, 0.4) is 0 Å². The van der Waals surface area contributed by atoms with Crippen molar-refractivity contribution in [2.24, 2.45) is 23.3 Å². The van der Waals surface area contributed by atoms with Crippen LogP contribution in [-0.2, 0) is 9.59 Å². The number of ketones is 2. The number of aliphatic hydroxyl groups excluding tert-OH is 2. The fraction of sp³-hybridized carbons (Fsp3) is 0.409. The first kappa shape index (κ1) is 22.0. The van der Waals surface area contributed by atoms with E-state index in [0.717, 1.165) is 0 Å². The second-order valence-electron chi connectivity index (χ2n) is 8.88. The van der Waals surface area contributed by atoms with Gasteiger partial charge in [-0.15, -0.1) is 0 Å². The molecule has 0 spiro atoms. The van der Waals surface area contributed by atoms with Crippen molar-refractivity contribution in [1.29, 1.82) is 0 Å². The van der Waals surface area contributed by atoms with Crippen LogP contribution in [0, 0.1) is 11.8 Å². The molecule has 8 N–H and O–H groups in total. The Morgan fingerprint density at radius 1 is 1.16 bits per heavy atom. The number of amides is 1. The average Bonchev–Trinajstić information content (AvgIpc) is 2.70. The summed E-state index contributed by atoms with van der Waals surface area (Å²) in [6.45, 7) is 1.76. The lowest BCUT2D eigenvalue weighted by Gasteiger charge is -2.54. The van der Waals surface area contributed by atoms with Crippen molar-refractivity contribution < 1.29 is 34.8 Å². The number of hydrogen-bond donors (Lipinski definition) is 6. The van der Waals surface area contributed by atoms with Crippen LogP contribution in [0.2, 0.25) is 0 Å². The summed E-state index contributed by atoms with van der Waals surface area (Å²) < 4.78 is 0. The van der Waals surface area contributed by atoms with E-state index >= 15 is 0 Å². The molecule has 0 fully saturated rings. The fourth-order valence-corrected chi connectivity index (χ4v) is 5.70. The molecule has 4 rings (SSSR count). The van der Waals surface area contributed by atoms with Gasteiger partial charge in [0.1, 0.15) is 22.8 Å². The van der Waals surface area contributed by atoms with Gasteiger partial charge >= 0.3 is 0 Å². The van der Waals surface area contributed by atoms with E-state index in [1.165, 1.54) is 11.0 Å². The molecule has 170 valence electrons.